The molecule has 4 rings (SSSR count). The van der Waals surface area contributed by atoms with E-state index in [0.717, 1.165) is 11.1 Å². The van der Waals surface area contributed by atoms with Crippen LogP contribution in [0.2, 0.25) is 0 Å². The molecular weight excluding hydrogens is 465 g/mol. The number of pyridine rings is 1. The van der Waals surface area contributed by atoms with Crippen LogP contribution in [0.4, 0.5) is 14.5 Å². The van der Waals surface area contributed by atoms with Crippen LogP contribution in [0.1, 0.15) is 20.7 Å². The number of nitrogens with zero attached hydrogens (tertiary/aromatic N) is 1. The number of amides is 1. The number of aromatic nitrogens is 1. The molecule has 0 bridgehead atoms. The predicted octanol–water partition coefficient (Wildman–Crippen LogP) is 1.64. The zero-order valence-electron chi connectivity index (χ0n) is 18.6. The number of carbonyl (C=O) groups excluding carboxylic acids is 2. The van der Waals surface area contributed by atoms with Gasteiger partial charge in [-0.05, 0) is 41.0 Å². The number of hydrogen-bond donors (Lipinski definition) is 1. The van der Waals surface area contributed by atoms with Gasteiger partial charge in [0.25, 0.3) is 5.91 Å². The molecule has 0 aliphatic rings. The molecule has 4 aromatic rings. The van der Waals surface area contributed by atoms with Crippen molar-refractivity contribution in [1.82, 2.24) is 4.98 Å². The van der Waals surface area contributed by atoms with Crippen molar-refractivity contribution in [3.05, 3.63) is 102 Å². The molecule has 6 nitrogen and oxygen atoms in total. The van der Waals surface area contributed by atoms with Crippen molar-refractivity contribution in [2.24, 2.45) is 0 Å². The molecule has 0 unspecified atom stereocenters. The van der Waals surface area contributed by atoms with E-state index in [9.17, 15) is 23.5 Å². The van der Waals surface area contributed by atoms with Crippen LogP contribution in [-0.2, 0) is 0 Å². The third-order valence-electron chi connectivity index (χ3n) is 5.01. The molecule has 1 amide bonds. The molecular formula is C26H17F2N2NaO4. The first kappa shape index (κ1) is 26.0. The number of carboxylic acid groups (broad SMARTS) is 1. The van der Waals surface area contributed by atoms with Crippen LogP contribution in [-0.4, -0.2) is 23.5 Å². The summed E-state index contributed by atoms with van der Waals surface area (Å²) in [6.45, 7) is -2.94. The zero-order chi connectivity index (χ0) is 24.1. The topological polar surface area (TPSA) is 91.3 Å². The van der Waals surface area contributed by atoms with Gasteiger partial charge in [-0.25, -0.2) is 0 Å². The Labute approximate surface area is 221 Å². The monoisotopic (exact) mass is 482 g/mol. The van der Waals surface area contributed by atoms with E-state index >= 15 is 0 Å². The second kappa shape index (κ2) is 11.7. The Bertz CT molecular complexity index is 1330. The Morgan fingerprint density at radius 1 is 0.829 bits per heavy atom. The van der Waals surface area contributed by atoms with Gasteiger partial charge in [-0.3, -0.25) is 9.78 Å². The van der Waals surface area contributed by atoms with Crippen LogP contribution in [0.3, 0.4) is 0 Å². The molecule has 0 fully saturated rings. The van der Waals surface area contributed by atoms with Crippen LogP contribution in [0.15, 0.2) is 91.3 Å². The summed E-state index contributed by atoms with van der Waals surface area (Å²) in [7, 11) is 0. The van der Waals surface area contributed by atoms with Crippen molar-refractivity contribution < 1.29 is 57.8 Å². The molecule has 1 aromatic heterocycles. The smallest absolute Gasteiger partial charge is 0.545 e. The van der Waals surface area contributed by atoms with Crippen molar-refractivity contribution in [2.45, 2.75) is 6.61 Å². The van der Waals surface area contributed by atoms with Gasteiger partial charge in [-0.1, -0.05) is 54.6 Å². The van der Waals surface area contributed by atoms with Gasteiger partial charge in [-0.2, -0.15) is 8.78 Å². The minimum absolute atomic E-state index is 0. The number of nitrogens with one attached hydrogen (secondary N) is 1. The number of benzene rings is 3. The maximum atomic E-state index is 12.9. The van der Waals surface area contributed by atoms with Gasteiger partial charge in [0, 0.05) is 23.5 Å². The summed E-state index contributed by atoms with van der Waals surface area (Å²) >= 11 is 0. The molecule has 9 heteroatoms. The predicted molar refractivity (Wildman–Crippen MR) is 120 cm³/mol. The van der Waals surface area contributed by atoms with Crippen molar-refractivity contribution in [1.29, 1.82) is 0 Å². The second-order valence-corrected chi connectivity index (χ2v) is 7.23. The summed E-state index contributed by atoms with van der Waals surface area (Å²) in [6, 6.07) is 21.2. The average molecular weight is 482 g/mol. The largest absolute Gasteiger partial charge is 1.00 e. The number of anilines is 1. The van der Waals surface area contributed by atoms with Crippen LogP contribution in [0, 0.1) is 0 Å². The van der Waals surface area contributed by atoms with Crippen LogP contribution in [0.25, 0.3) is 22.3 Å². The van der Waals surface area contributed by atoms with Crippen molar-refractivity contribution >= 4 is 17.6 Å². The van der Waals surface area contributed by atoms with Crippen molar-refractivity contribution in [3.8, 4) is 28.0 Å². The summed E-state index contributed by atoms with van der Waals surface area (Å²) in [6.07, 6.45) is 3.01. The standard InChI is InChI=1S/C26H18F2N2O4.Na/c27-26(28)34-21-9-6-17(7-10-21)18-8-11-22(25(32)33)23(13-18)30-24(31)20-12-19(14-29-15-20)16-4-2-1-3-5-16;/h1-15,26H,(H,30,31)(H,32,33);/q;+1/p-1. The summed E-state index contributed by atoms with van der Waals surface area (Å²) in [5.74, 6) is -2.02. The van der Waals surface area contributed by atoms with E-state index in [1.165, 1.54) is 36.5 Å². The molecule has 35 heavy (non-hydrogen) atoms. The fraction of sp³-hybridized carbons (Fsp3) is 0.0385. The molecule has 3 aromatic carbocycles. The van der Waals surface area contributed by atoms with Gasteiger partial charge >= 0.3 is 36.2 Å². The van der Waals surface area contributed by atoms with E-state index in [0.29, 0.717) is 11.1 Å². The van der Waals surface area contributed by atoms with Gasteiger partial charge in [0.15, 0.2) is 0 Å². The van der Waals surface area contributed by atoms with Gasteiger partial charge in [0.1, 0.15) is 5.75 Å². The first-order valence-electron chi connectivity index (χ1n) is 10.1. The normalized spacial score (nSPS) is 10.4. The number of halogens is 2. The number of ether oxygens (including phenoxy) is 1. The molecule has 0 aliphatic carbocycles. The van der Waals surface area contributed by atoms with E-state index in [2.05, 4.69) is 15.0 Å². The Morgan fingerprint density at radius 3 is 2.14 bits per heavy atom. The number of carbonyl (C=O) groups is 2. The van der Waals surface area contributed by atoms with Gasteiger partial charge < -0.3 is 20.0 Å². The Morgan fingerprint density at radius 2 is 1.49 bits per heavy atom. The molecule has 0 saturated carbocycles. The summed E-state index contributed by atoms with van der Waals surface area (Å²) in [4.78, 5) is 28.6. The molecule has 0 aliphatic heterocycles. The fourth-order valence-corrected chi connectivity index (χ4v) is 3.38. The van der Waals surface area contributed by atoms with Crippen LogP contribution < -0.4 is 44.7 Å². The third kappa shape index (κ3) is 6.51. The van der Waals surface area contributed by atoms with Gasteiger partial charge in [-0.15, -0.1) is 0 Å². The zero-order valence-corrected chi connectivity index (χ0v) is 20.6. The third-order valence-corrected chi connectivity index (χ3v) is 5.01. The van der Waals surface area contributed by atoms with Crippen molar-refractivity contribution in [2.75, 3.05) is 5.32 Å². The molecule has 0 spiro atoms. The molecule has 1 N–H and O–H groups in total. The molecule has 0 saturated heterocycles. The minimum Gasteiger partial charge on any atom is -0.545 e. The Kier molecular flexibility index (Phi) is 8.70. The summed E-state index contributed by atoms with van der Waals surface area (Å²) in [5.41, 5.74) is 2.83. The molecule has 0 radical (unpaired) electrons. The first-order chi connectivity index (χ1) is 16.4. The first-order valence-corrected chi connectivity index (χ1v) is 10.1. The van der Waals surface area contributed by atoms with Crippen LogP contribution in [0.5, 0.6) is 5.75 Å². The Hall–Kier alpha value is -3.59. The van der Waals surface area contributed by atoms with Gasteiger partial charge in [0.2, 0.25) is 0 Å². The summed E-state index contributed by atoms with van der Waals surface area (Å²) < 4.78 is 29.1. The molecule has 1 heterocycles. The number of rotatable bonds is 7. The molecule has 0 atom stereocenters. The van der Waals surface area contributed by atoms with E-state index < -0.39 is 18.5 Å². The summed E-state index contributed by atoms with van der Waals surface area (Å²) in [5, 5.41) is 14.2. The average Bonchev–Trinajstić information content (AvgIpc) is 2.84. The van der Waals surface area contributed by atoms with Crippen molar-refractivity contribution in [3.63, 3.8) is 0 Å². The van der Waals surface area contributed by atoms with E-state index in [1.807, 2.05) is 30.3 Å². The number of hydrogen-bond acceptors (Lipinski definition) is 5. The number of carboxylic acids is 1. The molecule has 170 valence electrons. The van der Waals surface area contributed by atoms with E-state index in [1.54, 1.807) is 24.4 Å². The SMILES string of the molecule is O=C(Nc1cc(-c2ccc(OC(F)F)cc2)ccc1C(=O)[O-])c1cncc(-c2ccccc2)c1.[Na+]. The van der Waals surface area contributed by atoms with E-state index in [4.69, 9.17) is 0 Å². The minimum atomic E-state index is -2.94. The van der Waals surface area contributed by atoms with Gasteiger partial charge in [0.05, 0.1) is 17.2 Å². The second-order valence-electron chi connectivity index (χ2n) is 7.23. The number of aromatic carboxylic acids is 1. The van der Waals surface area contributed by atoms with E-state index in [-0.39, 0.29) is 52.1 Å². The van der Waals surface area contributed by atoms with Crippen LogP contribution >= 0.6 is 0 Å². The maximum Gasteiger partial charge on any atom is 1.00 e. The number of alkyl halides is 2. The Balaban J connectivity index is 0.00000342. The fourth-order valence-electron chi connectivity index (χ4n) is 3.38. The quantitative estimate of drug-likeness (QED) is 0.405. The maximum absolute atomic E-state index is 12.9.